The minimum atomic E-state index is -0.344. The maximum atomic E-state index is 13.8. The van der Waals surface area contributed by atoms with Crippen LogP contribution in [0, 0.1) is 0 Å². The van der Waals surface area contributed by atoms with E-state index in [0.29, 0.717) is 6.54 Å². The van der Waals surface area contributed by atoms with Crippen LogP contribution in [-0.4, -0.2) is 41.5 Å². The highest BCUT2D eigenvalue weighted by Crippen LogP contribution is 2.46. The number of carbonyl (C=O) groups is 1. The molecule has 0 radical (unpaired) electrons. The molecule has 6 nitrogen and oxygen atoms in total. The highest BCUT2D eigenvalue weighted by molar-refractivity contribution is 6.20. The number of aromatic nitrogens is 1. The number of rotatable bonds is 4. The first kappa shape index (κ1) is 21.4. The smallest absolute Gasteiger partial charge is 0.195 e. The molecule has 6 heteroatoms. The first-order valence-electron chi connectivity index (χ1n) is 11.6. The van der Waals surface area contributed by atoms with Gasteiger partial charge in [0.05, 0.1) is 17.8 Å². The van der Waals surface area contributed by atoms with Gasteiger partial charge >= 0.3 is 0 Å². The lowest BCUT2D eigenvalue weighted by Gasteiger charge is -2.36. The van der Waals surface area contributed by atoms with Crippen LogP contribution < -0.4 is 4.90 Å². The highest BCUT2D eigenvalue weighted by Gasteiger charge is 2.40. The molecule has 0 unspecified atom stereocenters. The zero-order valence-corrected chi connectivity index (χ0v) is 19.5. The molecule has 170 valence electrons. The number of aryl methyl sites for hydroxylation is 1. The summed E-state index contributed by atoms with van der Waals surface area (Å²) in [6.45, 7) is 12.3. The number of ketones is 1. The Morgan fingerprint density at radius 3 is 2.61 bits per heavy atom. The lowest BCUT2D eigenvalue weighted by Crippen LogP contribution is -2.36. The molecule has 2 N–H and O–H groups in total. The van der Waals surface area contributed by atoms with Crippen LogP contribution in [0.2, 0.25) is 0 Å². The molecule has 1 aliphatic carbocycles. The van der Waals surface area contributed by atoms with E-state index >= 15 is 0 Å². The SMILES string of the molecule is C=NCc1ccc2c3c([nH]c2c1)C(C)(C)c1cc(N2CCC(=NO)CC2)c(CC)cc1C3=O. The van der Waals surface area contributed by atoms with Crippen molar-refractivity contribution in [3.8, 4) is 0 Å². The van der Waals surface area contributed by atoms with Crippen LogP contribution in [0.4, 0.5) is 5.69 Å². The molecule has 1 saturated heterocycles. The van der Waals surface area contributed by atoms with Gasteiger partial charge in [-0.25, -0.2) is 0 Å². The van der Waals surface area contributed by atoms with Gasteiger partial charge in [0, 0.05) is 59.2 Å². The molecule has 1 aliphatic heterocycles. The number of piperidine rings is 1. The Kier molecular flexibility index (Phi) is 5.11. The first-order valence-corrected chi connectivity index (χ1v) is 11.6. The topological polar surface area (TPSA) is 81.1 Å². The summed E-state index contributed by atoms with van der Waals surface area (Å²) in [5.74, 6) is 0.0924. The zero-order valence-electron chi connectivity index (χ0n) is 19.5. The van der Waals surface area contributed by atoms with Crippen molar-refractivity contribution < 1.29 is 10.0 Å². The summed E-state index contributed by atoms with van der Waals surface area (Å²) in [6, 6.07) is 10.5. The van der Waals surface area contributed by atoms with E-state index in [2.05, 4.69) is 65.7 Å². The van der Waals surface area contributed by atoms with Crippen molar-refractivity contribution in [3.63, 3.8) is 0 Å². The average molecular weight is 443 g/mol. The molecular formula is C27H30N4O2. The maximum Gasteiger partial charge on any atom is 0.195 e. The fourth-order valence-electron chi connectivity index (χ4n) is 5.47. The Hall–Kier alpha value is -3.41. The summed E-state index contributed by atoms with van der Waals surface area (Å²) in [7, 11) is 0. The predicted molar refractivity (Wildman–Crippen MR) is 134 cm³/mol. The van der Waals surface area contributed by atoms with E-state index in [1.807, 2.05) is 12.1 Å². The van der Waals surface area contributed by atoms with Crippen LogP contribution in [-0.2, 0) is 18.4 Å². The molecule has 2 aliphatic rings. The number of carbonyl (C=O) groups excluding carboxylic acids is 1. The van der Waals surface area contributed by atoms with Gasteiger partial charge in [0.25, 0.3) is 0 Å². The number of oxime groups is 1. The fourth-order valence-corrected chi connectivity index (χ4v) is 5.47. The van der Waals surface area contributed by atoms with Gasteiger partial charge in [-0.05, 0) is 48.0 Å². The van der Waals surface area contributed by atoms with Gasteiger partial charge in [0.2, 0.25) is 0 Å². The van der Waals surface area contributed by atoms with Gasteiger partial charge < -0.3 is 15.1 Å². The van der Waals surface area contributed by atoms with E-state index in [9.17, 15) is 4.79 Å². The Balaban J connectivity index is 1.65. The Morgan fingerprint density at radius 2 is 1.94 bits per heavy atom. The van der Waals surface area contributed by atoms with E-state index < -0.39 is 0 Å². The summed E-state index contributed by atoms with van der Waals surface area (Å²) >= 11 is 0. The van der Waals surface area contributed by atoms with E-state index in [0.717, 1.165) is 76.9 Å². The van der Waals surface area contributed by atoms with Crippen molar-refractivity contribution in [3.05, 3.63) is 63.8 Å². The predicted octanol–water partition coefficient (Wildman–Crippen LogP) is 5.23. The molecule has 0 spiro atoms. The van der Waals surface area contributed by atoms with Crippen LogP contribution in [0.15, 0.2) is 40.5 Å². The third-order valence-electron chi connectivity index (χ3n) is 7.35. The van der Waals surface area contributed by atoms with Crippen LogP contribution in [0.5, 0.6) is 0 Å². The van der Waals surface area contributed by atoms with Gasteiger partial charge in [0.1, 0.15) is 0 Å². The number of hydrogen-bond acceptors (Lipinski definition) is 5. The second kappa shape index (κ2) is 7.87. The van der Waals surface area contributed by atoms with Crippen molar-refractivity contribution in [2.75, 3.05) is 18.0 Å². The fraction of sp³-hybridized carbons (Fsp3) is 0.370. The van der Waals surface area contributed by atoms with Gasteiger partial charge in [-0.3, -0.25) is 9.79 Å². The Morgan fingerprint density at radius 1 is 1.18 bits per heavy atom. The molecule has 33 heavy (non-hydrogen) atoms. The molecule has 5 rings (SSSR count). The first-order chi connectivity index (χ1) is 15.9. The summed E-state index contributed by atoms with van der Waals surface area (Å²) < 4.78 is 0. The van der Waals surface area contributed by atoms with Gasteiger partial charge in [-0.15, -0.1) is 0 Å². The van der Waals surface area contributed by atoms with E-state index in [-0.39, 0.29) is 11.2 Å². The standard InChI is InChI=1S/C27H30N4O2/c1-5-17-13-20-21(14-23(17)31-10-8-18(30-33)9-11-31)27(2,3)26-24(25(20)32)19-7-6-16(15-28-4)12-22(19)29-26/h6-7,12-14,29,33H,4-5,8-11,15H2,1-3H3. The molecule has 0 amide bonds. The van der Waals surface area contributed by atoms with Crippen LogP contribution >= 0.6 is 0 Å². The number of nitrogens with one attached hydrogen (secondary N) is 1. The second-order valence-corrected chi connectivity index (χ2v) is 9.62. The number of nitrogens with zero attached hydrogens (tertiary/aromatic N) is 3. The number of aromatic amines is 1. The van der Waals surface area contributed by atoms with Crippen LogP contribution in [0.3, 0.4) is 0 Å². The summed E-state index contributed by atoms with van der Waals surface area (Å²) in [5, 5.41) is 13.5. The number of anilines is 1. The third-order valence-corrected chi connectivity index (χ3v) is 7.35. The van der Waals surface area contributed by atoms with Crippen molar-refractivity contribution in [2.45, 2.75) is 52.0 Å². The lowest BCUT2D eigenvalue weighted by atomic mass is 9.70. The summed E-state index contributed by atoms with van der Waals surface area (Å²) in [5.41, 5.74) is 8.56. The van der Waals surface area contributed by atoms with Crippen molar-refractivity contribution >= 4 is 34.8 Å². The molecular weight excluding hydrogens is 412 g/mol. The monoisotopic (exact) mass is 442 g/mol. The van der Waals surface area contributed by atoms with Crippen molar-refractivity contribution in [1.82, 2.24) is 4.98 Å². The van der Waals surface area contributed by atoms with Gasteiger partial charge in [-0.1, -0.05) is 38.1 Å². The molecule has 0 atom stereocenters. The maximum absolute atomic E-state index is 13.8. The van der Waals surface area contributed by atoms with Gasteiger partial charge in [-0.2, -0.15) is 0 Å². The zero-order chi connectivity index (χ0) is 23.3. The van der Waals surface area contributed by atoms with Crippen molar-refractivity contribution in [2.24, 2.45) is 10.1 Å². The number of H-pyrrole nitrogens is 1. The number of benzene rings is 2. The van der Waals surface area contributed by atoms with Crippen LogP contribution in [0.1, 0.15) is 71.9 Å². The molecule has 0 saturated carbocycles. The Bertz CT molecular complexity index is 1310. The molecule has 0 bridgehead atoms. The van der Waals surface area contributed by atoms with E-state index in [1.54, 1.807) is 0 Å². The normalized spacial score (nSPS) is 17.1. The molecule has 2 aromatic carbocycles. The molecule has 1 aromatic heterocycles. The number of hydrogen-bond donors (Lipinski definition) is 2. The largest absolute Gasteiger partial charge is 0.411 e. The molecule has 2 heterocycles. The minimum Gasteiger partial charge on any atom is -0.411 e. The Labute approximate surface area is 194 Å². The second-order valence-electron chi connectivity index (χ2n) is 9.62. The van der Waals surface area contributed by atoms with Crippen molar-refractivity contribution in [1.29, 1.82) is 0 Å². The van der Waals surface area contributed by atoms with Gasteiger partial charge in [0.15, 0.2) is 5.78 Å². The molecule has 3 aromatic rings. The highest BCUT2D eigenvalue weighted by atomic mass is 16.4. The minimum absolute atomic E-state index is 0.0924. The molecule has 1 fully saturated rings. The van der Waals surface area contributed by atoms with E-state index in [4.69, 9.17) is 5.21 Å². The summed E-state index contributed by atoms with van der Waals surface area (Å²) in [6.07, 6.45) is 2.37. The average Bonchev–Trinajstić information content (AvgIpc) is 3.22. The summed E-state index contributed by atoms with van der Waals surface area (Å²) in [4.78, 5) is 23.8. The quantitative estimate of drug-likeness (QED) is 0.330. The third kappa shape index (κ3) is 3.27. The van der Waals surface area contributed by atoms with Crippen LogP contribution in [0.25, 0.3) is 10.9 Å². The lowest BCUT2D eigenvalue weighted by molar-refractivity contribution is 0.103. The number of aliphatic imine (C=N–C) groups is 1. The number of fused-ring (bicyclic) bond motifs is 4. The van der Waals surface area contributed by atoms with E-state index in [1.165, 1.54) is 11.3 Å².